The van der Waals surface area contributed by atoms with Crippen LogP contribution in [0.5, 0.6) is 0 Å². The molecule has 42 heavy (non-hydrogen) atoms. The van der Waals surface area contributed by atoms with E-state index in [9.17, 15) is 27.6 Å². The van der Waals surface area contributed by atoms with Crippen LogP contribution in [0.1, 0.15) is 50.3 Å². The summed E-state index contributed by atoms with van der Waals surface area (Å²) in [6.07, 6.45) is 1.67. The molecule has 0 bridgehead atoms. The van der Waals surface area contributed by atoms with Gasteiger partial charge in [0, 0.05) is 65.7 Å². The Morgan fingerprint density at radius 3 is 2.62 bits per heavy atom. The second-order valence-electron chi connectivity index (χ2n) is 8.24. The molecule has 3 unspecified atom stereocenters. The monoisotopic (exact) mass is 724 g/mol. The molecule has 20 heteroatoms. The van der Waals surface area contributed by atoms with Crippen molar-refractivity contribution in [2.45, 2.75) is 57.2 Å². The molecule has 1 fully saturated rings. The van der Waals surface area contributed by atoms with E-state index >= 15 is 0 Å². The number of aliphatic hydroxyl groups excluding tert-OH is 1. The van der Waals surface area contributed by atoms with Gasteiger partial charge in [-0.3, -0.25) is 19.1 Å². The maximum atomic E-state index is 12.2. The van der Waals surface area contributed by atoms with Gasteiger partial charge in [-0.1, -0.05) is 19.3 Å². The van der Waals surface area contributed by atoms with Crippen LogP contribution in [0.3, 0.4) is 0 Å². The quantitative estimate of drug-likeness (QED) is 0.0807. The van der Waals surface area contributed by atoms with Gasteiger partial charge in [0.25, 0.3) is 5.56 Å². The Morgan fingerprint density at radius 2 is 2.00 bits per heavy atom. The molecule has 1 aromatic heterocycles. The van der Waals surface area contributed by atoms with Crippen molar-refractivity contribution in [1.29, 1.82) is 0 Å². The number of amides is 1. The number of hydroxylamine groups is 1. The summed E-state index contributed by atoms with van der Waals surface area (Å²) in [4.78, 5) is 50.2. The van der Waals surface area contributed by atoms with E-state index in [1.54, 1.807) is 0 Å². The summed E-state index contributed by atoms with van der Waals surface area (Å²) in [5.41, 5.74) is 1.81. The third-order valence-electron chi connectivity index (χ3n) is 5.19. The topological polar surface area (TPSA) is 185 Å². The van der Waals surface area contributed by atoms with Crippen LogP contribution >= 0.6 is 17.4 Å². The zero-order chi connectivity index (χ0) is 30.7. The number of hydrogen-bond donors (Lipinski definition) is 4. The van der Waals surface area contributed by atoms with Crippen LogP contribution in [-0.2, 0) is 60.6 Å². The molecule has 1 radical (unpaired) electrons. The average molecular weight is 724 g/mol. The zero-order valence-electron chi connectivity index (χ0n) is 23.2. The van der Waals surface area contributed by atoms with E-state index in [-0.39, 0.29) is 66.3 Å². The molecule has 2 rings (SSSR count). The number of alkyl halides is 3. The fourth-order valence-electron chi connectivity index (χ4n) is 3.30. The minimum atomic E-state index is -4.76. The summed E-state index contributed by atoms with van der Waals surface area (Å²) in [6.45, 7) is 0.633. The number of aliphatic hydroxyl groups is 1. The van der Waals surface area contributed by atoms with Crippen LogP contribution in [0.2, 0.25) is 0 Å². The number of H-pyrrole nitrogens is 1. The second kappa shape index (κ2) is 23.7. The predicted molar refractivity (Wildman–Crippen MR) is 145 cm³/mol. The largest absolute Gasteiger partial charge is 0.527 e. The summed E-state index contributed by atoms with van der Waals surface area (Å²) in [5.74, 6) is -0.427. The smallest absolute Gasteiger partial charge is 0.505 e. The first-order valence-corrected chi connectivity index (χ1v) is 14.6. The molecule has 0 spiro atoms. The standard InChI is InChI=1S/C20H29F3N4O7P.C2H7O3P.Y/c1-31-35-32-13-15-7-9-17(33-15)27-12-14(18(29)26-19(27)30)6-8-16(28)24-10-4-2-3-5-11-25-34-20(21,22)23;1-5-6(4)2-3;/h6,8,12,15,17,35H,2-5,7,9-11,13H2,1H3,(H,24,28)(H,26,29,30);3-4H,2H2,1H3;/q-1;;/b8-6+;;/t15-,17?;;/m0../s1. The van der Waals surface area contributed by atoms with Crippen molar-refractivity contribution >= 4 is 29.4 Å². The second-order valence-corrected chi connectivity index (χ2v) is 10.5. The van der Waals surface area contributed by atoms with Crippen molar-refractivity contribution in [2.24, 2.45) is 0 Å². The Labute approximate surface area is 268 Å². The van der Waals surface area contributed by atoms with Gasteiger partial charge in [0.15, 0.2) is 17.4 Å². The molecule has 0 aliphatic carbocycles. The van der Waals surface area contributed by atoms with Gasteiger partial charge in [-0.05, 0) is 25.3 Å². The Balaban J connectivity index is 0.00000217. The molecule has 1 aliphatic rings. The third-order valence-corrected chi connectivity index (χ3v) is 6.31. The number of aromatic amines is 1. The number of carbonyl (C=O) groups excluding carboxylic acids is 1. The number of ether oxygens (including phenoxy) is 1. The molecule has 239 valence electrons. The number of hydrogen-bond acceptors (Lipinski definition) is 10. The van der Waals surface area contributed by atoms with E-state index in [1.165, 1.54) is 37.1 Å². The fourth-order valence-corrected chi connectivity index (χ4v) is 3.79. The number of carbonyl (C=O) groups is 1. The molecular weight excluding hydrogens is 688 g/mol. The molecular formula is C22H36F3N4O10P2Y-. The molecule has 4 N–H and O–H groups in total. The van der Waals surface area contributed by atoms with Gasteiger partial charge >= 0.3 is 12.1 Å². The van der Waals surface area contributed by atoms with E-state index in [2.05, 4.69) is 25.1 Å². The number of aromatic nitrogens is 2. The van der Waals surface area contributed by atoms with Crippen LogP contribution in [0.4, 0.5) is 13.2 Å². The first kappa shape index (κ1) is 41.3. The maximum Gasteiger partial charge on any atom is 0.505 e. The first-order valence-electron chi connectivity index (χ1n) is 12.4. The van der Waals surface area contributed by atoms with E-state index in [0.717, 1.165) is 0 Å². The summed E-state index contributed by atoms with van der Waals surface area (Å²) >= 11 is 0. The van der Waals surface area contributed by atoms with E-state index < -0.39 is 38.1 Å². The van der Waals surface area contributed by atoms with E-state index in [4.69, 9.17) is 23.8 Å². The number of nitrogens with zero attached hydrogens (tertiary/aromatic N) is 2. The summed E-state index contributed by atoms with van der Waals surface area (Å²) in [7, 11) is 1.25. The predicted octanol–water partition coefficient (Wildman–Crippen LogP) is 2.78. The van der Waals surface area contributed by atoms with Gasteiger partial charge in [0.2, 0.25) is 5.91 Å². The molecule has 4 atom stereocenters. The molecule has 14 nitrogen and oxygen atoms in total. The van der Waals surface area contributed by atoms with Crippen molar-refractivity contribution in [3.8, 4) is 0 Å². The van der Waals surface area contributed by atoms with Crippen LogP contribution in [0.15, 0.2) is 21.9 Å². The van der Waals surface area contributed by atoms with Crippen LogP contribution in [0, 0.1) is 0 Å². The normalized spacial score (nSPS) is 17.7. The number of nitrogens with one attached hydrogen (secondary N) is 2. The summed E-state index contributed by atoms with van der Waals surface area (Å²) in [5, 5.41) is 10.6. The summed E-state index contributed by atoms with van der Waals surface area (Å²) < 4.78 is 56.8. The van der Waals surface area contributed by atoms with Crippen molar-refractivity contribution in [1.82, 2.24) is 14.9 Å². The Bertz CT molecular complexity index is 1030. The first-order chi connectivity index (χ1) is 19.5. The fraction of sp³-hybridized carbons (Fsp3) is 0.682. The van der Waals surface area contributed by atoms with Gasteiger partial charge in [-0.25, -0.2) is 4.79 Å². The zero-order valence-corrected chi connectivity index (χ0v) is 27.9. The van der Waals surface area contributed by atoms with Crippen LogP contribution < -0.4 is 16.6 Å². The van der Waals surface area contributed by atoms with Crippen molar-refractivity contribution < 1.29 is 83.8 Å². The number of halogens is 3. The van der Waals surface area contributed by atoms with Crippen LogP contribution in [-0.4, -0.2) is 78.2 Å². The van der Waals surface area contributed by atoms with Crippen molar-refractivity contribution in [3.63, 3.8) is 0 Å². The minimum absolute atomic E-state index is 0. The molecule has 2 heterocycles. The Morgan fingerprint density at radius 1 is 1.29 bits per heavy atom. The van der Waals surface area contributed by atoms with Crippen molar-refractivity contribution in [3.05, 3.63) is 44.2 Å². The van der Waals surface area contributed by atoms with E-state index in [1.807, 2.05) is 0 Å². The molecule has 1 saturated heterocycles. The van der Waals surface area contributed by atoms with Gasteiger partial charge < -0.3 is 43.9 Å². The molecule has 1 aliphatic heterocycles. The molecule has 1 amide bonds. The van der Waals surface area contributed by atoms with Gasteiger partial charge in [0.1, 0.15) is 12.6 Å². The third kappa shape index (κ3) is 18.9. The van der Waals surface area contributed by atoms with E-state index in [0.29, 0.717) is 51.7 Å². The van der Waals surface area contributed by atoms with Crippen LogP contribution in [0.25, 0.3) is 11.6 Å². The molecule has 0 aromatic carbocycles. The number of unbranched alkanes of at least 4 members (excludes halogenated alkanes) is 3. The molecule has 0 saturated carbocycles. The summed E-state index contributed by atoms with van der Waals surface area (Å²) in [6, 6.07) is 0. The SMILES string of the molecule is COP(O)CO.COPOC[C@@H]1CCC(n2cc(/C=C/C(=O)NCCCCCC[N-]OC(F)(F)F)c(=O)[nH]c2=O)O1.[Y]. The minimum Gasteiger partial charge on any atom is -0.527 e. The van der Waals surface area contributed by atoms with Gasteiger partial charge in [-0.2, -0.15) is 0 Å². The average Bonchev–Trinajstić information content (AvgIpc) is 3.39. The van der Waals surface area contributed by atoms with Crippen molar-refractivity contribution in [2.75, 3.05) is 40.3 Å². The van der Waals surface area contributed by atoms with Gasteiger partial charge in [-0.15, -0.1) is 19.7 Å². The molecule has 1 aromatic rings. The maximum absolute atomic E-state index is 12.2. The number of rotatable bonds is 17. The Kier molecular flexibility index (Phi) is 23.3. The van der Waals surface area contributed by atoms with Gasteiger partial charge in [0.05, 0.1) is 18.3 Å². The Hall–Kier alpha value is -0.676.